The van der Waals surface area contributed by atoms with Crippen LogP contribution in [0.4, 0.5) is 0 Å². The van der Waals surface area contributed by atoms with E-state index in [1.54, 1.807) is 31.2 Å². The Bertz CT molecular complexity index is 2940. The first-order chi connectivity index (χ1) is 41.4. The molecule has 3 aromatic rings. The van der Waals surface area contributed by atoms with Crippen LogP contribution < -0.4 is 59.2 Å². The fourth-order valence-electron chi connectivity index (χ4n) is 9.95. The van der Waals surface area contributed by atoms with Gasteiger partial charge in [0, 0.05) is 90.1 Å². The van der Waals surface area contributed by atoms with Gasteiger partial charge >= 0.3 is 0 Å². The Kier molecular flexibility index (Phi) is 29.7. The van der Waals surface area contributed by atoms with E-state index in [9.17, 15) is 47.9 Å². The number of aldehydes is 1. The van der Waals surface area contributed by atoms with Gasteiger partial charge < -0.3 is 68.7 Å². The lowest BCUT2D eigenvalue weighted by Gasteiger charge is -2.26. The van der Waals surface area contributed by atoms with Crippen molar-refractivity contribution in [2.75, 3.05) is 46.8 Å². The molecule has 3 aromatic carbocycles. The molecular formula is C63H91N13O11. The molecule has 13 N–H and O–H groups in total. The summed E-state index contributed by atoms with van der Waals surface area (Å²) >= 11 is 0. The van der Waals surface area contributed by atoms with E-state index in [1.807, 2.05) is 63.2 Å². The molecule has 474 valence electrons. The third kappa shape index (κ3) is 26.7. The number of hydrogen-bond donors (Lipinski definition) is 10. The summed E-state index contributed by atoms with van der Waals surface area (Å²) in [6, 6.07) is 16.7. The molecule has 1 heterocycles. The number of amidine groups is 1. The van der Waals surface area contributed by atoms with Gasteiger partial charge in [-0.3, -0.25) is 53.3 Å². The number of rotatable bonds is 22. The molecule has 7 atom stereocenters. The number of guanidine groups is 2. The Labute approximate surface area is 510 Å². The van der Waals surface area contributed by atoms with Crippen LogP contribution in [0.15, 0.2) is 81.7 Å². The van der Waals surface area contributed by atoms with E-state index in [0.717, 1.165) is 10.8 Å². The van der Waals surface area contributed by atoms with E-state index in [1.165, 1.54) is 21.0 Å². The number of ketones is 4. The smallest absolute Gasteiger partial charge is 0.225 e. The number of carbonyl (C=O) groups is 10. The van der Waals surface area contributed by atoms with Gasteiger partial charge in [-0.1, -0.05) is 54.6 Å². The fourth-order valence-corrected chi connectivity index (χ4v) is 9.95. The lowest BCUT2D eigenvalue weighted by Crippen LogP contribution is -2.49. The maximum atomic E-state index is 15.0. The third-order valence-corrected chi connectivity index (χ3v) is 14.6. The van der Waals surface area contributed by atoms with Crippen LogP contribution in [-0.4, -0.2) is 147 Å². The summed E-state index contributed by atoms with van der Waals surface area (Å²) in [5.74, 6) is -8.83. The van der Waals surface area contributed by atoms with Gasteiger partial charge in [0.05, 0.1) is 36.4 Å². The molecule has 24 heteroatoms. The van der Waals surface area contributed by atoms with Crippen LogP contribution >= 0.6 is 0 Å². The number of hydrogen-bond acceptors (Lipinski definition) is 14. The summed E-state index contributed by atoms with van der Waals surface area (Å²) in [4.78, 5) is 153. The Morgan fingerprint density at radius 1 is 0.713 bits per heavy atom. The Morgan fingerprint density at radius 2 is 1.33 bits per heavy atom. The summed E-state index contributed by atoms with van der Waals surface area (Å²) in [5.41, 5.74) is 18.3. The maximum Gasteiger partial charge on any atom is 0.225 e. The van der Waals surface area contributed by atoms with Crippen molar-refractivity contribution in [3.05, 3.63) is 77.9 Å². The highest BCUT2D eigenvalue weighted by molar-refractivity contribution is 5.97. The molecule has 1 fully saturated rings. The van der Waals surface area contributed by atoms with Gasteiger partial charge in [-0.05, 0) is 126 Å². The number of nitrogens with two attached hydrogens (primary N) is 3. The number of ether oxygens (including phenoxy) is 1. The van der Waals surface area contributed by atoms with E-state index < -0.39 is 126 Å². The van der Waals surface area contributed by atoms with Gasteiger partial charge in [-0.2, -0.15) is 0 Å². The van der Waals surface area contributed by atoms with Crippen molar-refractivity contribution >= 4 is 87.5 Å². The summed E-state index contributed by atoms with van der Waals surface area (Å²) in [6.45, 7) is 8.44. The second-order valence-electron chi connectivity index (χ2n) is 23.2. The van der Waals surface area contributed by atoms with Gasteiger partial charge in [0.25, 0.3) is 0 Å². The molecule has 87 heavy (non-hydrogen) atoms. The van der Waals surface area contributed by atoms with Gasteiger partial charge in [0.15, 0.2) is 29.3 Å². The van der Waals surface area contributed by atoms with Crippen molar-refractivity contribution in [2.24, 2.45) is 55.8 Å². The average Bonchev–Trinajstić information content (AvgIpc) is 2.49. The lowest BCUT2D eigenvalue weighted by atomic mass is 9.88. The molecule has 1 aliphatic rings. The van der Waals surface area contributed by atoms with Crippen molar-refractivity contribution < 1.29 is 52.7 Å². The summed E-state index contributed by atoms with van der Waals surface area (Å²) < 4.78 is 6.03. The molecule has 4 rings (SSSR count). The second-order valence-corrected chi connectivity index (χ2v) is 23.2. The summed E-state index contributed by atoms with van der Waals surface area (Å²) in [6.07, 6.45) is -0.347. The molecule has 24 nitrogen and oxygen atoms in total. The SMILES string of the molecule is CN=C(N)NCCC[C@@H](C=O)NC(=O)[C@@H]1CCC(=O)NC[C@H](CC(C)=O)C(=O)N[C@@H](Cc2ccc(OC(C)(C)C)cc2)C(=O)C[C@@H](CCCN=C(C)N)C(=O)N[C@H](CCCNC(N)=NC)C(=O)C[C@@H](Cc2ccc3ccccc3c2)C(=O)NCC(=O)C1. The lowest BCUT2D eigenvalue weighted by molar-refractivity contribution is -0.135. The largest absolute Gasteiger partial charge is 0.488 e. The molecule has 0 unspecified atom stereocenters. The first-order valence-electron chi connectivity index (χ1n) is 29.8. The van der Waals surface area contributed by atoms with E-state index in [0.29, 0.717) is 48.4 Å². The van der Waals surface area contributed by atoms with E-state index >= 15 is 0 Å². The number of carbonyl (C=O) groups excluding carboxylic acids is 10. The average molecular weight is 1210 g/mol. The van der Waals surface area contributed by atoms with Gasteiger partial charge in [0.1, 0.15) is 23.4 Å². The Hall–Kier alpha value is -8.57. The number of aliphatic imine (C=N–C) groups is 3. The maximum absolute atomic E-state index is 15.0. The molecule has 0 radical (unpaired) electrons. The highest BCUT2D eigenvalue weighted by Crippen LogP contribution is 2.24. The zero-order valence-electron chi connectivity index (χ0n) is 51.5. The van der Waals surface area contributed by atoms with Crippen LogP contribution in [0.1, 0.15) is 123 Å². The van der Waals surface area contributed by atoms with Crippen molar-refractivity contribution in [2.45, 2.75) is 148 Å². The van der Waals surface area contributed by atoms with E-state index in [-0.39, 0.29) is 89.3 Å². The standard InChI is InChI=1S/C63H91N13O11/c1-39(78)29-48-36-72-56(82)25-22-46(58(84)74-49(38-77)16-11-27-70-61(65)67-6)33-50(79)37-73-57(83)47(31-42-18-21-43-13-8-9-14-44(43)30-42)35-54(80)52(17-12-28-71-62(66)68-7)75-59(85)45(15-10-26-69-40(2)64)34-55(81)53(76-60(48)86)32-41-19-23-51(24-20-41)87-63(3,4)5/h8-9,13-14,18-21,23-24,30,38,45-49,52-53H,10-12,15-17,22,25-29,31-37H2,1-7H3,(H2,64,69)(H,72,82)(H,73,83)(H,74,84)(H,75,85)(H,76,86)(H3,65,67,70)(H3,66,68,71)/t45-,46-,47-,48+,49+,52-,53+/m1/s1. The molecule has 1 saturated heterocycles. The highest BCUT2D eigenvalue weighted by atomic mass is 16.5. The number of nitrogens with zero attached hydrogens (tertiary/aromatic N) is 3. The fraction of sp³-hybridized carbons (Fsp3) is 0.540. The number of fused-ring (bicyclic) bond motifs is 1. The minimum Gasteiger partial charge on any atom is -0.488 e. The summed E-state index contributed by atoms with van der Waals surface area (Å²) in [7, 11) is 3.01. The Morgan fingerprint density at radius 3 is 1.98 bits per heavy atom. The van der Waals surface area contributed by atoms with E-state index in [2.05, 4.69) is 52.2 Å². The topological polar surface area (TPSA) is 379 Å². The molecule has 0 spiro atoms. The van der Waals surface area contributed by atoms with Crippen LogP contribution in [0.2, 0.25) is 0 Å². The molecule has 5 amide bonds. The molecule has 0 aromatic heterocycles. The minimum absolute atomic E-state index is 0.0355. The van der Waals surface area contributed by atoms with Crippen LogP contribution in [0.5, 0.6) is 5.75 Å². The summed E-state index contributed by atoms with van der Waals surface area (Å²) in [5, 5.41) is 21.5. The number of Topliss-reactive ketones (excluding diaryl/α,β-unsaturated/α-hetero) is 4. The van der Waals surface area contributed by atoms with Crippen LogP contribution in [-0.2, 0) is 60.8 Å². The Balaban J connectivity index is 1.83. The molecular weight excluding hydrogens is 1110 g/mol. The zero-order chi connectivity index (χ0) is 64.1. The normalized spacial score (nSPS) is 21.1. The molecule has 0 bridgehead atoms. The third-order valence-electron chi connectivity index (χ3n) is 14.6. The zero-order valence-corrected chi connectivity index (χ0v) is 51.5. The second kappa shape index (κ2) is 36.4. The highest BCUT2D eigenvalue weighted by Gasteiger charge is 2.35. The predicted octanol–water partition coefficient (Wildman–Crippen LogP) is 2.59. The number of amides is 5. The first kappa shape index (κ1) is 70.9. The molecule has 0 aliphatic carbocycles. The minimum atomic E-state index is -1.28. The monoisotopic (exact) mass is 1210 g/mol. The van der Waals surface area contributed by atoms with Crippen LogP contribution in [0.25, 0.3) is 10.8 Å². The van der Waals surface area contributed by atoms with Crippen molar-refractivity contribution in [3.8, 4) is 5.75 Å². The van der Waals surface area contributed by atoms with Gasteiger partial charge in [-0.15, -0.1) is 0 Å². The molecule has 0 saturated carbocycles. The molecule has 1 aliphatic heterocycles. The quantitative estimate of drug-likeness (QED) is 0.0299. The van der Waals surface area contributed by atoms with Crippen LogP contribution in [0.3, 0.4) is 0 Å². The predicted molar refractivity (Wildman–Crippen MR) is 334 cm³/mol. The van der Waals surface area contributed by atoms with Gasteiger partial charge in [0.2, 0.25) is 29.5 Å². The van der Waals surface area contributed by atoms with Crippen molar-refractivity contribution in [3.63, 3.8) is 0 Å². The first-order valence-corrected chi connectivity index (χ1v) is 29.8. The van der Waals surface area contributed by atoms with Crippen molar-refractivity contribution in [1.82, 2.24) is 37.2 Å². The number of benzene rings is 3. The van der Waals surface area contributed by atoms with E-state index in [4.69, 9.17) is 21.9 Å². The van der Waals surface area contributed by atoms with Gasteiger partial charge in [-0.25, -0.2) is 0 Å². The van der Waals surface area contributed by atoms with Crippen LogP contribution in [0, 0.1) is 23.7 Å². The number of nitrogens with one attached hydrogen (secondary N) is 7. The van der Waals surface area contributed by atoms with Crippen molar-refractivity contribution in [1.29, 1.82) is 0 Å².